The summed E-state index contributed by atoms with van der Waals surface area (Å²) in [7, 11) is 3.90. The number of esters is 1. The Hall–Kier alpha value is -1.83. The van der Waals surface area contributed by atoms with Gasteiger partial charge in [0.1, 0.15) is 5.75 Å². The third-order valence-corrected chi connectivity index (χ3v) is 7.88. The number of rotatable bonds is 4. The molecule has 4 rings (SSSR count). The summed E-state index contributed by atoms with van der Waals surface area (Å²) in [6.45, 7) is 2.94. The standard InChI is InChI=1S/C25H33NO3/c1-5-16-15-22(27)25(2)12-10-20-19-9-7-18(29-23(28)11-13-26(3)4)14-17(19)6-8-21(20)24(16)25/h1,7,9,14,16,20-22,24,27H,6,8,10-13,15H2,2-4H3/t16?,20-,21-,22?,24+,25-/m1/s1. The average molecular weight is 396 g/mol. The second-order valence-electron chi connectivity index (χ2n) is 9.79. The van der Waals surface area contributed by atoms with Crippen LogP contribution in [0.3, 0.4) is 0 Å². The van der Waals surface area contributed by atoms with E-state index in [2.05, 4.69) is 25.0 Å². The monoisotopic (exact) mass is 395 g/mol. The Morgan fingerprint density at radius 3 is 2.90 bits per heavy atom. The van der Waals surface area contributed by atoms with Gasteiger partial charge in [-0.3, -0.25) is 4.79 Å². The minimum absolute atomic E-state index is 0.0440. The molecule has 1 aromatic carbocycles. The van der Waals surface area contributed by atoms with Crippen molar-refractivity contribution < 1.29 is 14.6 Å². The van der Waals surface area contributed by atoms with Crippen LogP contribution in [0.4, 0.5) is 0 Å². The number of terminal acetylenes is 1. The predicted molar refractivity (Wildman–Crippen MR) is 114 cm³/mol. The number of hydrogen-bond donors (Lipinski definition) is 1. The van der Waals surface area contributed by atoms with Crippen LogP contribution in [0.15, 0.2) is 18.2 Å². The molecule has 0 bridgehead atoms. The van der Waals surface area contributed by atoms with Crippen molar-refractivity contribution in [1.29, 1.82) is 0 Å². The second kappa shape index (κ2) is 7.78. The van der Waals surface area contributed by atoms with Gasteiger partial charge < -0.3 is 14.7 Å². The Balaban J connectivity index is 1.53. The van der Waals surface area contributed by atoms with E-state index >= 15 is 0 Å². The van der Waals surface area contributed by atoms with E-state index in [-0.39, 0.29) is 23.4 Å². The van der Waals surface area contributed by atoms with E-state index in [1.165, 1.54) is 11.1 Å². The Morgan fingerprint density at radius 2 is 2.17 bits per heavy atom. The van der Waals surface area contributed by atoms with Crippen molar-refractivity contribution >= 4 is 5.97 Å². The van der Waals surface area contributed by atoms with Gasteiger partial charge in [0.05, 0.1) is 12.5 Å². The molecule has 2 saturated carbocycles. The fraction of sp³-hybridized carbons (Fsp3) is 0.640. The van der Waals surface area contributed by atoms with Crippen LogP contribution >= 0.6 is 0 Å². The van der Waals surface area contributed by atoms with Crippen LogP contribution in [0.25, 0.3) is 0 Å². The molecule has 6 atom stereocenters. The molecule has 1 aromatic rings. The summed E-state index contributed by atoms with van der Waals surface area (Å²) >= 11 is 0. The number of carbonyl (C=O) groups excluding carboxylic acids is 1. The van der Waals surface area contributed by atoms with E-state index in [4.69, 9.17) is 11.2 Å². The highest BCUT2D eigenvalue weighted by Crippen LogP contribution is 2.62. The second-order valence-corrected chi connectivity index (χ2v) is 9.79. The highest BCUT2D eigenvalue weighted by atomic mass is 16.5. The third kappa shape index (κ3) is 3.60. The molecule has 0 spiro atoms. The number of hydrogen-bond acceptors (Lipinski definition) is 4. The lowest BCUT2D eigenvalue weighted by Crippen LogP contribution is -2.45. The summed E-state index contributed by atoms with van der Waals surface area (Å²) in [6.07, 6.45) is 10.9. The maximum Gasteiger partial charge on any atom is 0.312 e. The van der Waals surface area contributed by atoms with E-state index in [1.54, 1.807) is 0 Å². The maximum atomic E-state index is 12.1. The minimum Gasteiger partial charge on any atom is -0.426 e. The number of aliphatic hydroxyl groups excluding tert-OH is 1. The van der Waals surface area contributed by atoms with E-state index < -0.39 is 0 Å². The van der Waals surface area contributed by atoms with Gasteiger partial charge in [0.15, 0.2) is 0 Å². The van der Waals surface area contributed by atoms with Crippen molar-refractivity contribution in [2.24, 2.45) is 23.2 Å². The van der Waals surface area contributed by atoms with E-state index in [0.29, 0.717) is 36.5 Å². The zero-order valence-electron chi connectivity index (χ0n) is 17.9. The van der Waals surface area contributed by atoms with Gasteiger partial charge in [-0.05, 0) is 92.6 Å². The molecule has 29 heavy (non-hydrogen) atoms. The summed E-state index contributed by atoms with van der Waals surface area (Å²) < 4.78 is 5.58. The SMILES string of the molecule is C#CC1CC(O)[C@@]2(C)CC[C@@H]3c4ccc(OC(=O)CCN(C)C)cc4CC[C@H]3[C@H]12. The van der Waals surface area contributed by atoms with Gasteiger partial charge in [0.2, 0.25) is 0 Å². The molecule has 0 amide bonds. The van der Waals surface area contributed by atoms with Crippen molar-refractivity contribution in [3.63, 3.8) is 0 Å². The molecule has 3 aliphatic carbocycles. The zero-order chi connectivity index (χ0) is 20.8. The van der Waals surface area contributed by atoms with E-state index in [9.17, 15) is 9.90 Å². The van der Waals surface area contributed by atoms with Crippen LogP contribution in [0.1, 0.15) is 56.1 Å². The molecule has 0 heterocycles. The molecule has 2 fully saturated rings. The summed E-state index contributed by atoms with van der Waals surface area (Å²) in [4.78, 5) is 14.1. The van der Waals surface area contributed by atoms with Crippen LogP contribution in [-0.4, -0.2) is 42.7 Å². The Labute approximate surface area is 174 Å². The third-order valence-electron chi connectivity index (χ3n) is 7.88. The highest BCUT2D eigenvalue weighted by molar-refractivity contribution is 5.72. The first-order valence-corrected chi connectivity index (χ1v) is 11.0. The lowest BCUT2D eigenvalue weighted by atomic mass is 9.54. The number of carbonyl (C=O) groups is 1. The van der Waals surface area contributed by atoms with Gasteiger partial charge in [-0.2, -0.15) is 0 Å². The minimum atomic E-state index is -0.278. The molecule has 1 N–H and O–H groups in total. The topological polar surface area (TPSA) is 49.8 Å². The number of benzene rings is 1. The van der Waals surface area contributed by atoms with Gasteiger partial charge in [-0.15, -0.1) is 12.3 Å². The molecule has 156 valence electrons. The number of ether oxygens (including phenoxy) is 1. The number of nitrogens with zero attached hydrogens (tertiary/aromatic N) is 1. The normalized spacial score (nSPS) is 35.4. The molecule has 0 radical (unpaired) electrons. The molecule has 4 nitrogen and oxygen atoms in total. The first kappa shape index (κ1) is 20.4. The van der Waals surface area contributed by atoms with Gasteiger partial charge >= 0.3 is 5.97 Å². The zero-order valence-corrected chi connectivity index (χ0v) is 17.9. The number of aliphatic hydroxyl groups is 1. The number of aryl methyl sites for hydroxylation is 1. The van der Waals surface area contributed by atoms with Gasteiger partial charge in [0.25, 0.3) is 0 Å². The van der Waals surface area contributed by atoms with Crippen LogP contribution in [0.2, 0.25) is 0 Å². The van der Waals surface area contributed by atoms with Crippen molar-refractivity contribution in [3.8, 4) is 18.1 Å². The van der Waals surface area contributed by atoms with Crippen LogP contribution in [-0.2, 0) is 11.2 Å². The van der Waals surface area contributed by atoms with E-state index in [1.807, 2.05) is 25.1 Å². The lowest BCUT2D eigenvalue weighted by Gasteiger charge is -2.50. The lowest BCUT2D eigenvalue weighted by molar-refractivity contribution is -0.134. The molecule has 2 unspecified atom stereocenters. The van der Waals surface area contributed by atoms with Crippen molar-refractivity contribution in [1.82, 2.24) is 4.90 Å². The Morgan fingerprint density at radius 1 is 1.38 bits per heavy atom. The Bertz CT molecular complexity index is 826. The van der Waals surface area contributed by atoms with Gasteiger partial charge in [0, 0.05) is 12.5 Å². The van der Waals surface area contributed by atoms with Crippen molar-refractivity contribution in [3.05, 3.63) is 29.3 Å². The van der Waals surface area contributed by atoms with E-state index in [0.717, 1.165) is 32.1 Å². The fourth-order valence-corrected chi connectivity index (χ4v) is 6.37. The predicted octanol–water partition coefficient (Wildman–Crippen LogP) is 3.62. The van der Waals surface area contributed by atoms with Crippen LogP contribution < -0.4 is 4.74 Å². The first-order valence-electron chi connectivity index (χ1n) is 11.0. The molecular formula is C25H33NO3. The van der Waals surface area contributed by atoms with Crippen LogP contribution in [0, 0.1) is 35.5 Å². The van der Waals surface area contributed by atoms with Gasteiger partial charge in [-0.25, -0.2) is 0 Å². The largest absolute Gasteiger partial charge is 0.426 e. The van der Waals surface area contributed by atoms with Crippen LogP contribution in [0.5, 0.6) is 5.75 Å². The molecule has 4 heteroatoms. The quantitative estimate of drug-likeness (QED) is 0.481. The molecule has 0 aliphatic heterocycles. The first-order chi connectivity index (χ1) is 13.8. The summed E-state index contributed by atoms with van der Waals surface area (Å²) in [5.41, 5.74) is 2.66. The number of fused-ring (bicyclic) bond motifs is 5. The smallest absolute Gasteiger partial charge is 0.312 e. The molecular weight excluding hydrogens is 362 g/mol. The Kier molecular flexibility index (Phi) is 5.48. The van der Waals surface area contributed by atoms with Crippen molar-refractivity contribution in [2.45, 2.75) is 57.5 Å². The average Bonchev–Trinajstić information content (AvgIpc) is 2.96. The maximum absolute atomic E-state index is 12.1. The van der Waals surface area contributed by atoms with Crippen molar-refractivity contribution in [2.75, 3.05) is 20.6 Å². The summed E-state index contributed by atoms with van der Waals surface area (Å²) in [6, 6.07) is 6.18. The van der Waals surface area contributed by atoms with Gasteiger partial charge in [-0.1, -0.05) is 13.0 Å². The summed E-state index contributed by atoms with van der Waals surface area (Å²) in [5.74, 6) is 5.09. The highest BCUT2D eigenvalue weighted by Gasteiger charge is 2.58. The molecule has 0 aromatic heterocycles. The molecule has 3 aliphatic rings. The summed E-state index contributed by atoms with van der Waals surface area (Å²) in [5, 5.41) is 10.7. The fourth-order valence-electron chi connectivity index (χ4n) is 6.37. The molecule has 0 saturated heterocycles.